The Balaban J connectivity index is 1.60. The number of anilines is 1. The maximum absolute atomic E-state index is 14.0. The highest BCUT2D eigenvalue weighted by atomic mass is 32.1. The molecule has 0 aliphatic heterocycles. The summed E-state index contributed by atoms with van der Waals surface area (Å²) in [6.45, 7) is 0.408. The molecule has 0 saturated heterocycles. The predicted molar refractivity (Wildman–Crippen MR) is 113 cm³/mol. The first kappa shape index (κ1) is 19.3. The Morgan fingerprint density at radius 2 is 1.66 bits per heavy atom. The van der Waals surface area contributed by atoms with E-state index in [0.717, 1.165) is 41.7 Å². The normalized spacial score (nSPS) is 12.9. The van der Waals surface area contributed by atoms with Gasteiger partial charge in [0.15, 0.2) is 0 Å². The van der Waals surface area contributed by atoms with Gasteiger partial charge in [-0.05, 0) is 48.9 Å². The first-order chi connectivity index (χ1) is 14.1. The lowest BCUT2D eigenvalue weighted by molar-refractivity contribution is 0.0951. The number of fused-ring (bicyclic) bond motifs is 1. The lowest BCUT2D eigenvalue weighted by Crippen LogP contribution is -2.25. The highest BCUT2D eigenvalue weighted by Gasteiger charge is 2.27. The van der Waals surface area contributed by atoms with Gasteiger partial charge in [0.05, 0.1) is 11.1 Å². The zero-order valence-corrected chi connectivity index (χ0v) is 16.7. The van der Waals surface area contributed by atoms with Crippen LogP contribution in [0.4, 0.5) is 9.39 Å². The number of carbonyl (C=O) groups excluding carboxylic acids is 2. The average Bonchev–Trinajstić information content (AvgIpc) is 3.11. The molecule has 2 N–H and O–H groups in total. The summed E-state index contributed by atoms with van der Waals surface area (Å²) in [6, 6.07) is 15.5. The number of hydrogen-bond acceptors (Lipinski definition) is 3. The number of nitrogens with one attached hydrogen (secondary N) is 2. The molecule has 0 saturated carbocycles. The average molecular weight is 408 g/mol. The smallest absolute Gasteiger partial charge is 0.259 e. The summed E-state index contributed by atoms with van der Waals surface area (Å²) in [5, 5.41) is 6.24. The highest BCUT2D eigenvalue weighted by molar-refractivity contribution is 7.17. The number of carbonyl (C=O) groups is 2. The molecule has 0 spiro atoms. The Hall–Kier alpha value is -2.99. The van der Waals surface area contributed by atoms with E-state index in [1.165, 1.54) is 23.5 Å². The van der Waals surface area contributed by atoms with E-state index in [1.54, 1.807) is 12.1 Å². The molecule has 0 fully saturated rings. The molecule has 29 heavy (non-hydrogen) atoms. The quantitative estimate of drug-likeness (QED) is 0.628. The number of amides is 2. The molecule has 6 heteroatoms. The minimum absolute atomic E-state index is 0.0329. The predicted octanol–water partition coefficient (Wildman–Crippen LogP) is 4.95. The van der Waals surface area contributed by atoms with Gasteiger partial charge in [-0.15, -0.1) is 11.3 Å². The summed E-state index contributed by atoms with van der Waals surface area (Å²) in [5.41, 5.74) is 2.50. The summed E-state index contributed by atoms with van der Waals surface area (Å²) < 4.78 is 14.0. The number of halogens is 1. The van der Waals surface area contributed by atoms with Crippen LogP contribution in [-0.2, 0) is 19.4 Å². The molecule has 148 valence electrons. The van der Waals surface area contributed by atoms with Crippen LogP contribution in [0.3, 0.4) is 0 Å². The minimum Gasteiger partial charge on any atom is -0.348 e. The Morgan fingerprint density at radius 3 is 2.45 bits per heavy atom. The van der Waals surface area contributed by atoms with E-state index in [-0.39, 0.29) is 11.5 Å². The molecule has 0 atom stereocenters. The van der Waals surface area contributed by atoms with Crippen LogP contribution in [0.15, 0.2) is 54.6 Å². The van der Waals surface area contributed by atoms with E-state index in [2.05, 4.69) is 10.6 Å². The first-order valence-corrected chi connectivity index (χ1v) is 10.5. The molecule has 1 aromatic heterocycles. The van der Waals surface area contributed by atoms with Crippen molar-refractivity contribution >= 4 is 28.2 Å². The number of rotatable bonds is 5. The summed E-state index contributed by atoms with van der Waals surface area (Å²) in [4.78, 5) is 26.8. The topological polar surface area (TPSA) is 58.2 Å². The van der Waals surface area contributed by atoms with Gasteiger partial charge >= 0.3 is 0 Å². The van der Waals surface area contributed by atoms with E-state index in [9.17, 15) is 14.0 Å². The number of aryl methyl sites for hydroxylation is 1. The van der Waals surface area contributed by atoms with Crippen molar-refractivity contribution in [3.05, 3.63) is 87.5 Å². The van der Waals surface area contributed by atoms with E-state index < -0.39 is 11.7 Å². The number of hydrogen-bond donors (Lipinski definition) is 2. The van der Waals surface area contributed by atoms with Gasteiger partial charge in [-0.1, -0.05) is 42.5 Å². The van der Waals surface area contributed by atoms with Crippen molar-refractivity contribution in [3.8, 4) is 0 Å². The fraction of sp³-hybridized carbons (Fsp3) is 0.217. The SMILES string of the molecule is O=C(Nc1sc2c(c1C(=O)NCc1ccccc1)CCCC2)c1ccccc1F. The molecule has 0 radical (unpaired) electrons. The second-order valence-corrected chi connectivity index (χ2v) is 8.12. The molecule has 1 aliphatic rings. The van der Waals surface area contributed by atoms with Gasteiger partial charge in [-0.2, -0.15) is 0 Å². The molecule has 0 unspecified atom stereocenters. The third-order valence-electron chi connectivity index (χ3n) is 5.04. The number of benzene rings is 2. The van der Waals surface area contributed by atoms with Crippen LogP contribution in [0.2, 0.25) is 0 Å². The van der Waals surface area contributed by atoms with Crippen molar-refractivity contribution in [1.82, 2.24) is 5.32 Å². The van der Waals surface area contributed by atoms with Crippen molar-refractivity contribution in [3.63, 3.8) is 0 Å². The van der Waals surface area contributed by atoms with E-state index in [4.69, 9.17) is 0 Å². The van der Waals surface area contributed by atoms with Crippen LogP contribution in [0.1, 0.15) is 49.6 Å². The molecule has 3 aromatic rings. The van der Waals surface area contributed by atoms with Gasteiger partial charge in [-0.3, -0.25) is 9.59 Å². The monoisotopic (exact) mass is 408 g/mol. The largest absolute Gasteiger partial charge is 0.348 e. The second kappa shape index (κ2) is 8.57. The van der Waals surface area contributed by atoms with Gasteiger partial charge in [0, 0.05) is 11.4 Å². The Bertz CT molecular complexity index is 1050. The Morgan fingerprint density at radius 1 is 0.931 bits per heavy atom. The van der Waals surface area contributed by atoms with E-state index in [0.29, 0.717) is 17.1 Å². The van der Waals surface area contributed by atoms with Crippen molar-refractivity contribution < 1.29 is 14.0 Å². The van der Waals surface area contributed by atoms with Gasteiger partial charge in [-0.25, -0.2) is 4.39 Å². The third kappa shape index (κ3) is 4.22. The van der Waals surface area contributed by atoms with Gasteiger partial charge in [0.1, 0.15) is 10.8 Å². The Labute approximate surface area is 172 Å². The molecule has 2 aromatic carbocycles. The van der Waals surface area contributed by atoms with Gasteiger partial charge < -0.3 is 10.6 Å². The molecule has 4 nitrogen and oxygen atoms in total. The lowest BCUT2D eigenvalue weighted by atomic mass is 9.95. The maximum Gasteiger partial charge on any atom is 0.259 e. The van der Waals surface area contributed by atoms with Crippen LogP contribution >= 0.6 is 11.3 Å². The van der Waals surface area contributed by atoms with Crippen LogP contribution in [0, 0.1) is 5.82 Å². The molecule has 1 heterocycles. The summed E-state index contributed by atoms with van der Waals surface area (Å²) in [6.07, 6.45) is 3.80. The van der Waals surface area contributed by atoms with Crippen molar-refractivity contribution in [2.24, 2.45) is 0 Å². The fourth-order valence-electron chi connectivity index (χ4n) is 3.58. The van der Waals surface area contributed by atoms with E-state index >= 15 is 0 Å². The first-order valence-electron chi connectivity index (χ1n) is 9.66. The van der Waals surface area contributed by atoms with Crippen LogP contribution in [0.25, 0.3) is 0 Å². The Kier molecular flexibility index (Phi) is 5.71. The summed E-state index contributed by atoms with van der Waals surface area (Å²) in [7, 11) is 0. The van der Waals surface area contributed by atoms with Crippen molar-refractivity contribution in [1.29, 1.82) is 0 Å². The lowest BCUT2D eigenvalue weighted by Gasteiger charge is -2.13. The molecular weight excluding hydrogens is 387 g/mol. The summed E-state index contributed by atoms with van der Waals surface area (Å²) in [5.74, 6) is -1.34. The summed E-state index contributed by atoms with van der Waals surface area (Å²) >= 11 is 1.43. The van der Waals surface area contributed by atoms with Crippen LogP contribution in [-0.4, -0.2) is 11.8 Å². The van der Waals surface area contributed by atoms with E-state index in [1.807, 2.05) is 30.3 Å². The zero-order valence-electron chi connectivity index (χ0n) is 15.8. The minimum atomic E-state index is -0.582. The zero-order chi connectivity index (χ0) is 20.2. The van der Waals surface area contributed by atoms with Crippen LogP contribution < -0.4 is 10.6 Å². The second-order valence-electron chi connectivity index (χ2n) is 7.02. The van der Waals surface area contributed by atoms with Crippen LogP contribution in [0.5, 0.6) is 0 Å². The number of thiophene rings is 1. The molecular formula is C23H21FN2O2S. The van der Waals surface area contributed by atoms with Crippen molar-refractivity contribution in [2.45, 2.75) is 32.2 Å². The maximum atomic E-state index is 14.0. The molecule has 1 aliphatic carbocycles. The molecule has 0 bridgehead atoms. The van der Waals surface area contributed by atoms with Crippen molar-refractivity contribution in [2.75, 3.05) is 5.32 Å². The molecule has 2 amide bonds. The highest BCUT2D eigenvalue weighted by Crippen LogP contribution is 2.38. The standard InChI is InChI=1S/C23H21FN2O2S/c24-18-12-6-4-10-16(18)21(27)26-23-20(17-11-5-7-13-19(17)29-23)22(28)25-14-15-8-2-1-3-9-15/h1-4,6,8-10,12H,5,7,11,13-14H2,(H,25,28)(H,26,27). The van der Waals surface area contributed by atoms with Gasteiger partial charge in [0.25, 0.3) is 11.8 Å². The fourth-order valence-corrected chi connectivity index (χ4v) is 4.86. The third-order valence-corrected chi connectivity index (χ3v) is 6.25. The molecule has 4 rings (SSSR count). The van der Waals surface area contributed by atoms with Gasteiger partial charge in [0.2, 0.25) is 0 Å².